The van der Waals surface area contributed by atoms with Gasteiger partial charge in [0.25, 0.3) is 0 Å². The van der Waals surface area contributed by atoms with Gasteiger partial charge in [-0.3, -0.25) is 9.69 Å². The van der Waals surface area contributed by atoms with Crippen molar-refractivity contribution in [2.24, 2.45) is 11.8 Å². The predicted octanol–water partition coefficient (Wildman–Crippen LogP) is 0.994. The Morgan fingerprint density at radius 3 is 2.26 bits per heavy atom. The van der Waals surface area contributed by atoms with Gasteiger partial charge in [-0.1, -0.05) is 0 Å². The monoisotopic (exact) mass is 309 g/mol. The number of amides is 1. The van der Waals surface area contributed by atoms with Gasteiger partial charge in [0.15, 0.2) is 0 Å². The Morgan fingerprint density at radius 2 is 1.74 bits per heavy atom. The van der Waals surface area contributed by atoms with Crippen molar-refractivity contribution in [1.82, 2.24) is 15.1 Å². The first kappa shape index (κ1) is 17.0. The van der Waals surface area contributed by atoms with Crippen molar-refractivity contribution in [1.29, 1.82) is 0 Å². The Balaban J connectivity index is 0.000000902. The fourth-order valence-electron chi connectivity index (χ4n) is 2.94. The van der Waals surface area contributed by atoms with Crippen LogP contribution in [0.15, 0.2) is 0 Å². The topological polar surface area (TPSA) is 35.6 Å². The summed E-state index contributed by atoms with van der Waals surface area (Å²) in [4.78, 5) is 16.8. The molecular formula is C13H25Cl2N3O. The van der Waals surface area contributed by atoms with Crippen LogP contribution < -0.4 is 5.32 Å². The molecule has 1 amide bonds. The highest BCUT2D eigenvalue weighted by atomic mass is 35.5. The molecule has 1 unspecified atom stereocenters. The summed E-state index contributed by atoms with van der Waals surface area (Å²) in [5.41, 5.74) is 0. The second kappa shape index (κ2) is 7.67. The lowest BCUT2D eigenvalue weighted by atomic mass is 10.1. The molecule has 4 nitrogen and oxygen atoms in total. The van der Waals surface area contributed by atoms with Crippen LogP contribution in [0.25, 0.3) is 0 Å². The van der Waals surface area contributed by atoms with E-state index in [2.05, 4.69) is 15.1 Å². The lowest BCUT2D eigenvalue weighted by Crippen LogP contribution is -2.50. The first-order valence-electron chi connectivity index (χ1n) is 7.05. The van der Waals surface area contributed by atoms with Gasteiger partial charge in [0.2, 0.25) is 5.91 Å². The number of nitrogens with one attached hydrogen (secondary N) is 1. The average Bonchev–Trinajstić information content (AvgIpc) is 3.00. The third kappa shape index (κ3) is 4.48. The zero-order chi connectivity index (χ0) is 11.7. The summed E-state index contributed by atoms with van der Waals surface area (Å²) in [7, 11) is 0. The minimum Gasteiger partial charge on any atom is -0.340 e. The molecule has 0 bridgehead atoms. The molecular weight excluding hydrogens is 285 g/mol. The van der Waals surface area contributed by atoms with Crippen LogP contribution in [0.4, 0.5) is 0 Å². The molecule has 112 valence electrons. The van der Waals surface area contributed by atoms with Gasteiger partial charge in [0, 0.05) is 39.3 Å². The van der Waals surface area contributed by atoms with Crippen LogP contribution in [0.2, 0.25) is 0 Å². The number of carbonyl (C=O) groups is 1. The van der Waals surface area contributed by atoms with Crippen molar-refractivity contribution in [3.05, 3.63) is 0 Å². The highest BCUT2D eigenvalue weighted by Crippen LogP contribution is 2.30. The smallest absolute Gasteiger partial charge is 0.227 e. The number of hydrogen-bond acceptors (Lipinski definition) is 3. The molecule has 1 aliphatic carbocycles. The van der Waals surface area contributed by atoms with Crippen LogP contribution in [0.1, 0.15) is 19.3 Å². The maximum atomic E-state index is 12.2. The molecule has 0 aromatic rings. The number of halogens is 2. The summed E-state index contributed by atoms with van der Waals surface area (Å²) in [6.45, 7) is 7.24. The quantitative estimate of drug-likeness (QED) is 0.844. The fourth-order valence-corrected chi connectivity index (χ4v) is 2.94. The van der Waals surface area contributed by atoms with Crippen molar-refractivity contribution >= 4 is 30.7 Å². The van der Waals surface area contributed by atoms with Crippen LogP contribution >= 0.6 is 24.8 Å². The number of nitrogens with zero attached hydrogens (tertiary/aromatic N) is 2. The minimum atomic E-state index is 0. The molecule has 2 heterocycles. The highest BCUT2D eigenvalue weighted by Gasteiger charge is 2.31. The van der Waals surface area contributed by atoms with E-state index in [1.807, 2.05) is 0 Å². The molecule has 19 heavy (non-hydrogen) atoms. The molecule has 1 atom stereocenters. The lowest BCUT2D eigenvalue weighted by molar-refractivity contribution is -0.136. The molecule has 1 N–H and O–H groups in total. The molecule has 0 radical (unpaired) electrons. The van der Waals surface area contributed by atoms with Gasteiger partial charge in [-0.05, 0) is 31.7 Å². The van der Waals surface area contributed by atoms with Crippen LogP contribution in [0, 0.1) is 11.8 Å². The Kier molecular flexibility index (Phi) is 6.87. The first-order chi connectivity index (χ1) is 8.33. The van der Waals surface area contributed by atoms with E-state index >= 15 is 0 Å². The second-order valence-corrected chi connectivity index (χ2v) is 5.76. The minimum absolute atomic E-state index is 0. The first-order valence-corrected chi connectivity index (χ1v) is 7.05. The van der Waals surface area contributed by atoms with Crippen molar-refractivity contribution in [3.8, 4) is 0 Å². The summed E-state index contributed by atoms with van der Waals surface area (Å²) in [5, 5.41) is 3.28. The Labute approximate surface area is 128 Å². The van der Waals surface area contributed by atoms with E-state index in [1.165, 1.54) is 19.4 Å². The summed E-state index contributed by atoms with van der Waals surface area (Å²) < 4.78 is 0. The van der Waals surface area contributed by atoms with E-state index in [9.17, 15) is 4.79 Å². The van der Waals surface area contributed by atoms with Gasteiger partial charge in [-0.2, -0.15) is 0 Å². The van der Waals surface area contributed by atoms with Gasteiger partial charge in [-0.25, -0.2) is 0 Å². The summed E-state index contributed by atoms with van der Waals surface area (Å²) in [6, 6.07) is 0. The molecule has 1 saturated carbocycles. The zero-order valence-electron chi connectivity index (χ0n) is 11.3. The van der Waals surface area contributed by atoms with Crippen LogP contribution in [0.3, 0.4) is 0 Å². The number of rotatable bonds is 3. The van der Waals surface area contributed by atoms with Crippen molar-refractivity contribution < 1.29 is 4.79 Å². The SMILES string of the molecule is Cl.Cl.O=C(C1CCNC1)N1CCN(CC2CC2)CC1. The van der Waals surface area contributed by atoms with Gasteiger partial charge in [0.1, 0.15) is 0 Å². The maximum Gasteiger partial charge on any atom is 0.227 e. The van der Waals surface area contributed by atoms with Gasteiger partial charge in [-0.15, -0.1) is 24.8 Å². The zero-order valence-corrected chi connectivity index (χ0v) is 13.0. The molecule has 0 aromatic heterocycles. The van der Waals surface area contributed by atoms with E-state index in [-0.39, 0.29) is 30.7 Å². The number of piperazine rings is 1. The number of carbonyl (C=O) groups excluding carboxylic acids is 1. The van der Waals surface area contributed by atoms with Gasteiger partial charge < -0.3 is 10.2 Å². The largest absolute Gasteiger partial charge is 0.340 e. The molecule has 0 aromatic carbocycles. The molecule has 2 saturated heterocycles. The Bertz CT molecular complexity index is 286. The molecule has 3 aliphatic rings. The van der Waals surface area contributed by atoms with Crippen LogP contribution in [-0.2, 0) is 4.79 Å². The third-order valence-electron chi connectivity index (χ3n) is 4.31. The normalized spacial score (nSPS) is 27.6. The standard InChI is InChI=1S/C13H23N3O.2ClH/c17-13(12-3-4-14-9-12)16-7-5-15(6-8-16)10-11-1-2-11;;/h11-12,14H,1-10H2;2*1H. The molecule has 2 aliphatic heterocycles. The van der Waals surface area contributed by atoms with Crippen molar-refractivity contribution in [2.75, 3.05) is 45.8 Å². The van der Waals surface area contributed by atoms with Crippen molar-refractivity contribution in [3.63, 3.8) is 0 Å². The second-order valence-electron chi connectivity index (χ2n) is 5.76. The average molecular weight is 310 g/mol. The molecule has 6 heteroatoms. The number of hydrogen-bond donors (Lipinski definition) is 1. The summed E-state index contributed by atoms with van der Waals surface area (Å²) in [5.74, 6) is 1.61. The van der Waals surface area contributed by atoms with Crippen LogP contribution in [-0.4, -0.2) is 61.5 Å². The van der Waals surface area contributed by atoms with E-state index < -0.39 is 0 Å². The molecule has 3 fully saturated rings. The molecule has 0 spiro atoms. The summed E-state index contributed by atoms with van der Waals surface area (Å²) >= 11 is 0. The Morgan fingerprint density at radius 1 is 1.05 bits per heavy atom. The van der Waals surface area contributed by atoms with Gasteiger partial charge in [0.05, 0.1) is 5.92 Å². The maximum absolute atomic E-state index is 12.2. The van der Waals surface area contributed by atoms with E-state index in [4.69, 9.17) is 0 Å². The van der Waals surface area contributed by atoms with Gasteiger partial charge >= 0.3 is 0 Å². The van der Waals surface area contributed by atoms with Crippen LogP contribution in [0.5, 0.6) is 0 Å². The highest BCUT2D eigenvalue weighted by molar-refractivity contribution is 5.85. The molecule has 3 rings (SSSR count). The third-order valence-corrected chi connectivity index (χ3v) is 4.31. The van der Waals surface area contributed by atoms with E-state index in [0.717, 1.165) is 51.6 Å². The predicted molar refractivity (Wildman–Crippen MR) is 81.2 cm³/mol. The van der Waals surface area contributed by atoms with Crippen molar-refractivity contribution in [2.45, 2.75) is 19.3 Å². The fraction of sp³-hybridized carbons (Fsp3) is 0.923. The Hall–Kier alpha value is -0.0300. The van der Waals surface area contributed by atoms with E-state index in [1.54, 1.807) is 0 Å². The van der Waals surface area contributed by atoms with E-state index in [0.29, 0.717) is 5.91 Å². The lowest BCUT2D eigenvalue weighted by Gasteiger charge is -2.35. The summed E-state index contributed by atoms with van der Waals surface area (Å²) in [6.07, 6.45) is 3.88.